The Morgan fingerprint density at radius 3 is 2.26 bits per heavy atom. The number of carbonyl (C=O) groups is 1. The second-order valence-electron chi connectivity index (χ2n) is 6.06. The fraction of sp³-hybridized carbons (Fsp3) is 0.933. The standard InChI is InChI=1S/C15H29NO7/c17-10-15(22)14(21)13(20)11(23-15)9-16-8-6-4-2-1-3-5-7-12(18)19/h11,13-14,16-17,20-22H,1-10H2,(H,18,19)/t11-,13+,14-,15+/m1/s1. The molecule has 0 radical (unpaired) electrons. The molecule has 0 aliphatic carbocycles. The first-order chi connectivity index (χ1) is 10.9. The first-order valence-electron chi connectivity index (χ1n) is 8.20. The number of ether oxygens (including phenoxy) is 1. The molecular formula is C15H29NO7. The predicted octanol–water partition coefficient (Wildman–Crippen LogP) is -0.807. The summed E-state index contributed by atoms with van der Waals surface area (Å²) in [5.74, 6) is -2.84. The molecule has 1 rings (SSSR count). The molecule has 1 aliphatic heterocycles. The normalized spacial score (nSPS) is 30.7. The van der Waals surface area contributed by atoms with Gasteiger partial charge in [-0.15, -0.1) is 0 Å². The second kappa shape index (κ2) is 10.2. The smallest absolute Gasteiger partial charge is 0.303 e. The van der Waals surface area contributed by atoms with E-state index in [9.17, 15) is 20.1 Å². The lowest BCUT2D eigenvalue weighted by atomic mass is 10.1. The van der Waals surface area contributed by atoms with Gasteiger partial charge in [-0.1, -0.05) is 25.7 Å². The van der Waals surface area contributed by atoms with Crippen LogP contribution in [0.15, 0.2) is 0 Å². The van der Waals surface area contributed by atoms with Gasteiger partial charge >= 0.3 is 5.97 Å². The minimum absolute atomic E-state index is 0.233. The lowest BCUT2D eigenvalue weighted by Crippen LogP contribution is -2.46. The summed E-state index contributed by atoms with van der Waals surface area (Å²) < 4.78 is 5.11. The van der Waals surface area contributed by atoms with Crippen molar-refractivity contribution in [3.8, 4) is 0 Å². The molecule has 0 aromatic carbocycles. The highest BCUT2D eigenvalue weighted by Crippen LogP contribution is 2.28. The second-order valence-corrected chi connectivity index (χ2v) is 6.06. The third kappa shape index (κ3) is 6.70. The monoisotopic (exact) mass is 335 g/mol. The van der Waals surface area contributed by atoms with E-state index >= 15 is 0 Å². The molecule has 0 unspecified atom stereocenters. The number of unbranched alkanes of at least 4 members (excludes halogenated alkanes) is 5. The number of hydrogen-bond acceptors (Lipinski definition) is 7. The summed E-state index contributed by atoms with van der Waals surface area (Å²) in [7, 11) is 0. The molecule has 0 aromatic heterocycles. The fourth-order valence-corrected chi connectivity index (χ4v) is 2.64. The highest BCUT2D eigenvalue weighted by molar-refractivity contribution is 5.66. The topological polar surface area (TPSA) is 139 Å². The van der Waals surface area contributed by atoms with Crippen LogP contribution >= 0.6 is 0 Å². The molecular weight excluding hydrogens is 306 g/mol. The van der Waals surface area contributed by atoms with Gasteiger partial charge in [-0.05, 0) is 19.4 Å². The van der Waals surface area contributed by atoms with Crippen LogP contribution in [0.25, 0.3) is 0 Å². The Balaban J connectivity index is 2.00. The van der Waals surface area contributed by atoms with Crippen LogP contribution in [0.3, 0.4) is 0 Å². The van der Waals surface area contributed by atoms with Crippen LogP contribution in [0.5, 0.6) is 0 Å². The largest absolute Gasteiger partial charge is 0.481 e. The minimum Gasteiger partial charge on any atom is -0.481 e. The Morgan fingerprint density at radius 1 is 1.09 bits per heavy atom. The van der Waals surface area contributed by atoms with Crippen LogP contribution in [-0.4, -0.2) is 75.3 Å². The molecule has 23 heavy (non-hydrogen) atoms. The summed E-state index contributed by atoms with van der Waals surface area (Å²) in [6, 6.07) is 0. The molecule has 8 nitrogen and oxygen atoms in total. The van der Waals surface area contributed by atoms with E-state index in [-0.39, 0.29) is 13.0 Å². The third-order valence-electron chi connectivity index (χ3n) is 4.09. The molecule has 0 amide bonds. The van der Waals surface area contributed by atoms with E-state index in [0.717, 1.165) is 45.1 Å². The number of carboxylic acids is 1. The van der Waals surface area contributed by atoms with Gasteiger partial charge in [0.15, 0.2) is 0 Å². The first kappa shape index (κ1) is 20.3. The zero-order valence-electron chi connectivity index (χ0n) is 13.4. The number of aliphatic hydroxyl groups is 4. The summed E-state index contributed by atoms with van der Waals surface area (Å²) in [6.07, 6.45) is 2.39. The Bertz CT molecular complexity index is 355. The van der Waals surface area contributed by atoms with E-state index in [1.165, 1.54) is 0 Å². The average molecular weight is 335 g/mol. The van der Waals surface area contributed by atoms with Gasteiger partial charge in [-0.2, -0.15) is 0 Å². The van der Waals surface area contributed by atoms with Crippen LogP contribution in [0.2, 0.25) is 0 Å². The van der Waals surface area contributed by atoms with Gasteiger partial charge in [0, 0.05) is 13.0 Å². The van der Waals surface area contributed by atoms with Crippen LogP contribution < -0.4 is 5.32 Å². The summed E-state index contributed by atoms with van der Waals surface area (Å²) >= 11 is 0. The Kier molecular flexibility index (Phi) is 8.96. The zero-order valence-corrected chi connectivity index (χ0v) is 13.4. The van der Waals surface area contributed by atoms with E-state index in [2.05, 4.69) is 5.32 Å². The summed E-state index contributed by atoms with van der Waals surface area (Å²) in [4.78, 5) is 10.3. The molecule has 1 saturated heterocycles. The van der Waals surface area contributed by atoms with Crippen molar-refractivity contribution < 1.29 is 35.1 Å². The van der Waals surface area contributed by atoms with Gasteiger partial charge in [-0.3, -0.25) is 4.79 Å². The maximum absolute atomic E-state index is 10.3. The van der Waals surface area contributed by atoms with E-state index in [1.54, 1.807) is 0 Å². The summed E-state index contributed by atoms with van der Waals surface area (Å²) in [5, 5.41) is 49.7. The number of nitrogens with one attached hydrogen (secondary N) is 1. The molecule has 6 N–H and O–H groups in total. The van der Waals surface area contributed by atoms with Gasteiger partial charge in [0.05, 0.1) is 6.61 Å². The highest BCUT2D eigenvalue weighted by Gasteiger charge is 2.52. The number of carboxylic acid groups (broad SMARTS) is 1. The molecule has 8 heteroatoms. The molecule has 0 bridgehead atoms. The van der Waals surface area contributed by atoms with Crippen molar-refractivity contribution in [2.75, 3.05) is 19.7 Å². The maximum Gasteiger partial charge on any atom is 0.303 e. The average Bonchev–Trinajstić information content (AvgIpc) is 2.74. The quantitative estimate of drug-likeness (QED) is 0.255. The van der Waals surface area contributed by atoms with Gasteiger partial charge in [0.25, 0.3) is 0 Å². The summed E-state index contributed by atoms with van der Waals surface area (Å²) in [6.45, 7) is 0.220. The van der Waals surface area contributed by atoms with Crippen molar-refractivity contribution in [3.63, 3.8) is 0 Å². The van der Waals surface area contributed by atoms with Crippen molar-refractivity contribution in [1.82, 2.24) is 5.32 Å². The van der Waals surface area contributed by atoms with Crippen molar-refractivity contribution in [1.29, 1.82) is 0 Å². The Hall–Kier alpha value is -0.770. The van der Waals surface area contributed by atoms with E-state index in [0.29, 0.717) is 0 Å². The van der Waals surface area contributed by atoms with Crippen molar-refractivity contribution in [3.05, 3.63) is 0 Å². The Labute approximate surface area is 136 Å². The number of hydrogen-bond donors (Lipinski definition) is 6. The van der Waals surface area contributed by atoms with E-state index in [1.807, 2.05) is 0 Å². The van der Waals surface area contributed by atoms with Gasteiger partial charge in [0.2, 0.25) is 5.79 Å². The molecule has 136 valence electrons. The molecule has 0 saturated carbocycles. The minimum atomic E-state index is -2.10. The molecule has 0 spiro atoms. The van der Waals surface area contributed by atoms with E-state index < -0.39 is 36.7 Å². The number of rotatable bonds is 12. The van der Waals surface area contributed by atoms with Crippen molar-refractivity contribution >= 4 is 5.97 Å². The molecule has 1 aliphatic rings. The van der Waals surface area contributed by atoms with Crippen molar-refractivity contribution in [2.45, 2.75) is 69.0 Å². The van der Waals surface area contributed by atoms with E-state index in [4.69, 9.17) is 14.9 Å². The lowest BCUT2D eigenvalue weighted by molar-refractivity contribution is -0.245. The lowest BCUT2D eigenvalue weighted by Gasteiger charge is -2.22. The van der Waals surface area contributed by atoms with Crippen LogP contribution in [0.1, 0.15) is 44.9 Å². The molecule has 1 fully saturated rings. The SMILES string of the molecule is O=C(O)CCCCCCCCNC[C@H]1O[C@@](O)(CO)[C@H](O)[C@H]1O. The number of aliphatic carboxylic acids is 1. The predicted molar refractivity (Wildman–Crippen MR) is 81.7 cm³/mol. The zero-order chi connectivity index (χ0) is 17.3. The van der Waals surface area contributed by atoms with Crippen LogP contribution in [-0.2, 0) is 9.53 Å². The first-order valence-corrected chi connectivity index (χ1v) is 8.20. The Morgan fingerprint density at radius 2 is 1.70 bits per heavy atom. The molecule has 0 aromatic rings. The molecule has 1 heterocycles. The number of aliphatic hydroxyl groups excluding tert-OH is 3. The van der Waals surface area contributed by atoms with Gasteiger partial charge in [0.1, 0.15) is 18.3 Å². The summed E-state index contributed by atoms with van der Waals surface area (Å²) in [5.41, 5.74) is 0. The third-order valence-corrected chi connectivity index (χ3v) is 4.09. The van der Waals surface area contributed by atoms with Crippen LogP contribution in [0, 0.1) is 0 Å². The maximum atomic E-state index is 10.3. The van der Waals surface area contributed by atoms with Gasteiger partial charge in [-0.25, -0.2) is 0 Å². The van der Waals surface area contributed by atoms with Gasteiger partial charge < -0.3 is 35.6 Å². The highest BCUT2D eigenvalue weighted by atomic mass is 16.7. The molecule has 4 atom stereocenters. The fourth-order valence-electron chi connectivity index (χ4n) is 2.64. The van der Waals surface area contributed by atoms with Crippen molar-refractivity contribution in [2.24, 2.45) is 0 Å². The van der Waals surface area contributed by atoms with Crippen LogP contribution in [0.4, 0.5) is 0 Å².